The number of ether oxygens (including phenoxy) is 3. The molecule has 0 aromatic heterocycles. The van der Waals surface area contributed by atoms with Gasteiger partial charge >= 0.3 is 6.09 Å². The van der Waals surface area contributed by atoms with Crippen LogP contribution < -0.4 is 14.8 Å². The molecular weight excluding hydrogens is 396 g/mol. The summed E-state index contributed by atoms with van der Waals surface area (Å²) < 4.78 is 16.2. The molecule has 0 saturated heterocycles. The van der Waals surface area contributed by atoms with Gasteiger partial charge in [-0.15, -0.1) is 0 Å². The SMILES string of the molecule is C[C@H](CN(Cc1ccc2c(c1)OCO2)C(=O)CC1CCCCC1)NC(=O)OC(C)(C)C. The van der Waals surface area contributed by atoms with Crippen molar-refractivity contribution in [1.29, 1.82) is 0 Å². The summed E-state index contributed by atoms with van der Waals surface area (Å²) in [7, 11) is 0. The van der Waals surface area contributed by atoms with Gasteiger partial charge in [0.25, 0.3) is 0 Å². The van der Waals surface area contributed by atoms with Gasteiger partial charge in [0.05, 0.1) is 0 Å². The Hall–Kier alpha value is -2.44. The average Bonchev–Trinajstić information content (AvgIpc) is 3.14. The Balaban J connectivity index is 1.65. The van der Waals surface area contributed by atoms with Crippen LogP contribution >= 0.6 is 0 Å². The van der Waals surface area contributed by atoms with Crippen molar-refractivity contribution >= 4 is 12.0 Å². The monoisotopic (exact) mass is 432 g/mol. The quantitative estimate of drug-likeness (QED) is 0.680. The van der Waals surface area contributed by atoms with Crippen molar-refractivity contribution < 1.29 is 23.8 Å². The molecule has 2 amide bonds. The molecule has 172 valence electrons. The van der Waals surface area contributed by atoms with Crippen molar-refractivity contribution in [2.45, 2.75) is 84.4 Å². The van der Waals surface area contributed by atoms with E-state index in [9.17, 15) is 9.59 Å². The number of benzene rings is 1. The lowest BCUT2D eigenvalue weighted by atomic mass is 9.86. The highest BCUT2D eigenvalue weighted by atomic mass is 16.7. The summed E-state index contributed by atoms with van der Waals surface area (Å²) >= 11 is 0. The van der Waals surface area contributed by atoms with Gasteiger partial charge in [-0.05, 0) is 64.2 Å². The van der Waals surface area contributed by atoms with Crippen LogP contribution in [0.25, 0.3) is 0 Å². The number of nitrogens with one attached hydrogen (secondary N) is 1. The van der Waals surface area contributed by atoms with E-state index < -0.39 is 11.7 Å². The summed E-state index contributed by atoms with van der Waals surface area (Å²) in [4.78, 5) is 27.2. The first-order valence-electron chi connectivity index (χ1n) is 11.4. The van der Waals surface area contributed by atoms with Crippen LogP contribution in [0.3, 0.4) is 0 Å². The van der Waals surface area contributed by atoms with Crippen LogP contribution in [-0.4, -0.2) is 41.9 Å². The molecule has 2 aliphatic rings. The van der Waals surface area contributed by atoms with Gasteiger partial charge in [0.15, 0.2) is 11.5 Å². The van der Waals surface area contributed by atoms with E-state index in [0.717, 1.165) is 24.2 Å². The Kier molecular flexibility index (Phi) is 7.68. The minimum absolute atomic E-state index is 0.127. The fourth-order valence-corrected chi connectivity index (χ4v) is 4.17. The highest BCUT2D eigenvalue weighted by Gasteiger charge is 2.25. The van der Waals surface area contributed by atoms with Crippen LogP contribution in [0.15, 0.2) is 18.2 Å². The zero-order valence-electron chi connectivity index (χ0n) is 19.2. The molecule has 0 bridgehead atoms. The van der Waals surface area contributed by atoms with Crippen LogP contribution in [0.4, 0.5) is 4.79 Å². The van der Waals surface area contributed by atoms with E-state index >= 15 is 0 Å². The third-order valence-corrected chi connectivity index (χ3v) is 5.61. The minimum atomic E-state index is -0.563. The molecule has 0 spiro atoms. The van der Waals surface area contributed by atoms with Crippen LogP contribution in [0, 0.1) is 5.92 Å². The Morgan fingerprint density at radius 1 is 1.16 bits per heavy atom. The number of nitrogens with zero attached hydrogens (tertiary/aromatic N) is 1. The second-order valence-corrected chi connectivity index (χ2v) is 9.72. The molecule has 1 aliphatic carbocycles. The van der Waals surface area contributed by atoms with E-state index in [1.807, 2.05) is 50.8 Å². The molecule has 1 aromatic carbocycles. The topological polar surface area (TPSA) is 77.1 Å². The molecule has 31 heavy (non-hydrogen) atoms. The molecule has 7 nitrogen and oxygen atoms in total. The Morgan fingerprint density at radius 3 is 2.58 bits per heavy atom. The molecule has 1 fully saturated rings. The van der Waals surface area contributed by atoms with Gasteiger partial charge < -0.3 is 24.4 Å². The molecule has 0 radical (unpaired) electrons. The van der Waals surface area contributed by atoms with E-state index in [2.05, 4.69) is 5.32 Å². The van der Waals surface area contributed by atoms with Crippen LogP contribution in [0.1, 0.15) is 71.8 Å². The number of alkyl carbamates (subject to hydrolysis) is 1. The molecule has 0 unspecified atom stereocenters. The zero-order valence-corrected chi connectivity index (χ0v) is 19.2. The number of amides is 2. The maximum atomic E-state index is 13.2. The number of hydrogen-bond donors (Lipinski definition) is 1. The standard InChI is InChI=1S/C24H36N2O5/c1-17(25-23(28)31-24(2,3)4)14-26(22(27)13-18-8-6-5-7-9-18)15-19-10-11-20-21(12-19)30-16-29-20/h10-12,17-18H,5-9,13-16H2,1-4H3,(H,25,28)/t17-/m1/s1. The van der Waals surface area contributed by atoms with Crippen molar-refractivity contribution in [3.05, 3.63) is 23.8 Å². The summed E-state index contributed by atoms with van der Waals surface area (Å²) in [6, 6.07) is 5.53. The van der Waals surface area contributed by atoms with Gasteiger partial charge in [-0.2, -0.15) is 0 Å². The van der Waals surface area contributed by atoms with Crippen LogP contribution in [0.5, 0.6) is 11.5 Å². The maximum absolute atomic E-state index is 13.2. The first kappa shape index (κ1) is 23.2. The number of rotatable bonds is 7. The lowest BCUT2D eigenvalue weighted by molar-refractivity contribution is -0.133. The van der Waals surface area contributed by atoms with Gasteiger partial charge in [-0.3, -0.25) is 4.79 Å². The van der Waals surface area contributed by atoms with Crippen molar-refractivity contribution in [2.24, 2.45) is 5.92 Å². The second-order valence-electron chi connectivity index (χ2n) is 9.72. The van der Waals surface area contributed by atoms with Gasteiger partial charge in [0.2, 0.25) is 12.7 Å². The lowest BCUT2D eigenvalue weighted by Crippen LogP contribution is -2.45. The van der Waals surface area contributed by atoms with E-state index in [1.165, 1.54) is 19.3 Å². The third-order valence-electron chi connectivity index (χ3n) is 5.61. The first-order valence-corrected chi connectivity index (χ1v) is 11.4. The van der Waals surface area contributed by atoms with Crippen LogP contribution in [0.2, 0.25) is 0 Å². The molecule has 1 saturated carbocycles. The predicted molar refractivity (Wildman–Crippen MR) is 118 cm³/mol. The van der Waals surface area contributed by atoms with Gasteiger partial charge in [0, 0.05) is 25.6 Å². The van der Waals surface area contributed by atoms with Gasteiger partial charge in [0.1, 0.15) is 5.60 Å². The number of hydrogen-bond acceptors (Lipinski definition) is 5. The van der Waals surface area contributed by atoms with E-state index in [-0.39, 0.29) is 18.7 Å². The Labute approximate surface area is 185 Å². The van der Waals surface area contributed by atoms with Gasteiger partial charge in [-0.25, -0.2) is 4.79 Å². The Morgan fingerprint density at radius 2 is 1.87 bits per heavy atom. The summed E-state index contributed by atoms with van der Waals surface area (Å²) in [5.41, 5.74) is 0.415. The highest BCUT2D eigenvalue weighted by molar-refractivity contribution is 5.76. The molecule has 1 N–H and O–H groups in total. The van der Waals surface area contributed by atoms with E-state index in [4.69, 9.17) is 14.2 Å². The van der Waals surface area contributed by atoms with Gasteiger partial charge in [-0.1, -0.05) is 25.3 Å². The molecular formula is C24H36N2O5. The molecule has 1 aliphatic heterocycles. The van der Waals surface area contributed by atoms with Crippen molar-refractivity contribution in [2.75, 3.05) is 13.3 Å². The third kappa shape index (κ3) is 7.33. The predicted octanol–water partition coefficient (Wildman–Crippen LogP) is 4.63. The largest absolute Gasteiger partial charge is 0.454 e. The average molecular weight is 433 g/mol. The van der Waals surface area contributed by atoms with E-state index in [0.29, 0.717) is 31.2 Å². The van der Waals surface area contributed by atoms with Crippen molar-refractivity contribution in [1.82, 2.24) is 10.2 Å². The molecule has 3 rings (SSSR count). The molecule has 1 aromatic rings. The maximum Gasteiger partial charge on any atom is 0.407 e. The lowest BCUT2D eigenvalue weighted by Gasteiger charge is -2.30. The smallest absolute Gasteiger partial charge is 0.407 e. The van der Waals surface area contributed by atoms with Crippen LogP contribution in [-0.2, 0) is 16.1 Å². The second kappa shape index (κ2) is 10.2. The van der Waals surface area contributed by atoms with E-state index in [1.54, 1.807) is 0 Å². The fourth-order valence-electron chi connectivity index (χ4n) is 4.17. The number of carbonyl (C=O) groups is 2. The first-order chi connectivity index (χ1) is 14.7. The summed E-state index contributed by atoms with van der Waals surface area (Å²) in [5.74, 6) is 2.01. The molecule has 1 atom stereocenters. The fraction of sp³-hybridized carbons (Fsp3) is 0.667. The normalized spacial score (nSPS) is 17.2. The Bertz CT molecular complexity index is 768. The number of carbonyl (C=O) groups excluding carboxylic acids is 2. The minimum Gasteiger partial charge on any atom is -0.454 e. The molecule has 1 heterocycles. The van der Waals surface area contributed by atoms with Crippen molar-refractivity contribution in [3.8, 4) is 11.5 Å². The summed E-state index contributed by atoms with van der Waals surface area (Å²) in [6.07, 6.45) is 6.01. The highest BCUT2D eigenvalue weighted by Crippen LogP contribution is 2.33. The number of fused-ring (bicyclic) bond motifs is 1. The van der Waals surface area contributed by atoms with Crippen molar-refractivity contribution in [3.63, 3.8) is 0 Å². The summed E-state index contributed by atoms with van der Waals surface area (Å²) in [6.45, 7) is 8.48. The molecule has 7 heteroatoms. The summed E-state index contributed by atoms with van der Waals surface area (Å²) in [5, 5.41) is 2.85. The zero-order chi connectivity index (χ0) is 22.4.